The average Bonchev–Trinajstić information content (AvgIpc) is 3.51. The number of aryl methyl sites for hydroxylation is 1. The van der Waals surface area contributed by atoms with Gasteiger partial charge in [-0.3, -0.25) is 4.79 Å². The van der Waals surface area contributed by atoms with Crippen molar-refractivity contribution < 1.29 is 4.79 Å². The summed E-state index contributed by atoms with van der Waals surface area (Å²) in [6, 6.07) is 11.2. The molecule has 0 bridgehead atoms. The molecule has 0 unspecified atom stereocenters. The van der Waals surface area contributed by atoms with Gasteiger partial charge in [-0.15, -0.1) is 5.10 Å². The van der Waals surface area contributed by atoms with Gasteiger partial charge >= 0.3 is 0 Å². The molecule has 0 radical (unpaired) electrons. The van der Waals surface area contributed by atoms with E-state index in [1.54, 1.807) is 17.1 Å². The molecule has 3 aromatic heterocycles. The van der Waals surface area contributed by atoms with Crippen molar-refractivity contribution in [2.45, 2.75) is 6.92 Å². The number of carbonyl (C=O) groups excluding carboxylic acids is 1. The molecule has 1 aliphatic heterocycles. The van der Waals surface area contributed by atoms with Gasteiger partial charge in [0.2, 0.25) is 0 Å². The molecule has 0 spiro atoms. The molecular weight excluding hydrogens is 396 g/mol. The van der Waals surface area contributed by atoms with Crippen LogP contribution in [0.4, 0.5) is 5.82 Å². The summed E-state index contributed by atoms with van der Waals surface area (Å²) in [5.41, 5.74) is 2.29. The van der Waals surface area contributed by atoms with Crippen molar-refractivity contribution in [3.8, 4) is 11.5 Å². The molecule has 1 aromatic carbocycles. The highest BCUT2D eigenvalue weighted by atomic mass is 16.2. The van der Waals surface area contributed by atoms with E-state index in [0.29, 0.717) is 31.7 Å². The summed E-state index contributed by atoms with van der Waals surface area (Å²) in [6.07, 6.45) is 4.92. The summed E-state index contributed by atoms with van der Waals surface area (Å²) >= 11 is 0. The van der Waals surface area contributed by atoms with E-state index in [2.05, 4.69) is 35.5 Å². The van der Waals surface area contributed by atoms with Crippen LogP contribution in [-0.4, -0.2) is 76.9 Å². The molecule has 4 aromatic rings. The lowest BCUT2D eigenvalue weighted by molar-refractivity contribution is 0.0746. The van der Waals surface area contributed by atoms with E-state index < -0.39 is 0 Å². The molecule has 0 aliphatic carbocycles. The van der Waals surface area contributed by atoms with Crippen molar-refractivity contribution in [2.24, 2.45) is 0 Å². The zero-order valence-corrected chi connectivity index (χ0v) is 16.9. The first-order valence-corrected chi connectivity index (χ1v) is 9.90. The van der Waals surface area contributed by atoms with Crippen molar-refractivity contribution in [1.29, 1.82) is 0 Å². The minimum absolute atomic E-state index is 0.00929. The predicted molar refractivity (Wildman–Crippen MR) is 111 cm³/mol. The fraction of sp³-hybridized carbons (Fsp3) is 0.250. The Morgan fingerprint density at radius 1 is 0.968 bits per heavy atom. The highest BCUT2D eigenvalue weighted by Gasteiger charge is 2.23. The highest BCUT2D eigenvalue weighted by Crippen LogP contribution is 2.18. The van der Waals surface area contributed by atoms with Crippen LogP contribution in [-0.2, 0) is 0 Å². The first-order chi connectivity index (χ1) is 15.2. The number of rotatable bonds is 4. The fourth-order valence-corrected chi connectivity index (χ4v) is 3.56. The molecule has 1 saturated heterocycles. The van der Waals surface area contributed by atoms with E-state index in [9.17, 15) is 4.79 Å². The molecule has 1 fully saturated rings. The topological polar surface area (TPSA) is 111 Å². The lowest BCUT2D eigenvalue weighted by atomic mass is 10.1. The van der Waals surface area contributed by atoms with E-state index >= 15 is 0 Å². The van der Waals surface area contributed by atoms with Crippen molar-refractivity contribution in [3.05, 3.63) is 66.5 Å². The number of carbonyl (C=O) groups is 1. The second-order valence-corrected chi connectivity index (χ2v) is 7.22. The quantitative estimate of drug-likeness (QED) is 0.483. The van der Waals surface area contributed by atoms with Gasteiger partial charge in [-0.1, -0.05) is 6.07 Å². The third-order valence-electron chi connectivity index (χ3n) is 5.19. The minimum atomic E-state index is -0.00929. The number of tetrazole rings is 1. The molecule has 0 N–H and O–H groups in total. The minimum Gasteiger partial charge on any atom is -0.353 e. The van der Waals surface area contributed by atoms with Crippen LogP contribution in [0.2, 0.25) is 0 Å². The van der Waals surface area contributed by atoms with Crippen LogP contribution < -0.4 is 4.90 Å². The largest absolute Gasteiger partial charge is 0.353 e. The number of hydrogen-bond donors (Lipinski definition) is 0. The molecule has 1 amide bonds. The summed E-state index contributed by atoms with van der Waals surface area (Å²) < 4.78 is 3.26. The number of anilines is 1. The summed E-state index contributed by atoms with van der Waals surface area (Å²) in [4.78, 5) is 25.8. The molecular formula is C20H20N10O. The monoisotopic (exact) mass is 416 g/mol. The molecule has 0 saturated carbocycles. The maximum atomic E-state index is 13.0. The maximum Gasteiger partial charge on any atom is 0.254 e. The molecule has 11 heteroatoms. The van der Waals surface area contributed by atoms with Crippen molar-refractivity contribution >= 4 is 11.7 Å². The van der Waals surface area contributed by atoms with Crippen LogP contribution >= 0.6 is 0 Å². The Morgan fingerprint density at radius 3 is 2.55 bits per heavy atom. The van der Waals surface area contributed by atoms with Crippen molar-refractivity contribution in [1.82, 2.24) is 44.9 Å². The van der Waals surface area contributed by atoms with Crippen LogP contribution in [0.25, 0.3) is 11.5 Å². The number of aromatic nitrogens is 8. The molecule has 0 atom stereocenters. The van der Waals surface area contributed by atoms with Crippen molar-refractivity contribution in [2.75, 3.05) is 31.1 Å². The zero-order valence-electron chi connectivity index (χ0n) is 16.9. The first-order valence-electron chi connectivity index (χ1n) is 9.90. The van der Waals surface area contributed by atoms with Gasteiger partial charge in [0.15, 0.2) is 5.82 Å². The Morgan fingerprint density at radius 2 is 1.81 bits per heavy atom. The van der Waals surface area contributed by atoms with Crippen LogP contribution in [0.1, 0.15) is 16.1 Å². The zero-order chi connectivity index (χ0) is 21.2. The first kappa shape index (κ1) is 18.9. The molecule has 31 heavy (non-hydrogen) atoms. The van der Waals surface area contributed by atoms with Gasteiger partial charge in [-0.2, -0.15) is 5.10 Å². The standard InChI is InChI=1S/C20H20N10O/c1-15-5-6-29(24-15)19-12-18(21-13-22-19)27-7-9-28(10-8-27)20(31)16-3-2-4-17(11-16)30-14-23-25-26-30/h2-6,11-14H,7-10H2,1H3. The highest BCUT2D eigenvalue weighted by molar-refractivity contribution is 5.95. The van der Waals surface area contributed by atoms with E-state index in [4.69, 9.17) is 0 Å². The van der Waals surface area contributed by atoms with Gasteiger partial charge in [0.1, 0.15) is 18.5 Å². The number of benzene rings is 1. The third-order valence-corrected chi connectivity index (χ3v) is 5.19. The van der Waals surface area contributed by atoms with Crippen LogP contribution in [0, 0.1) is 6.92 Å². The van der Waals surface area contributed by atoms with E-state index in [1.165, 1.54) is 11.0 Å². The van der Waals surface area contributed by atoms with E-state index in [1.807, 2.05) is 48.4 Å². The summed E-state index contributed by atoms with van der Waals surface area (Å²) in [5.74, 6) is 1.53. The number of hydrogen-bond acceptors (Lipinski definition) is 8. The Labute approximate surface area is 177 Å². The van der Waals surface area contributed by atoms with E-state index in [-0.39, 0.29) is 5.91 Å². The van der Waals surface area contributed by atoms with Crippen molar-refractivity contribution in [3.63, 3.8) is 0 Å². The SMILES string of the molecule is Cc1ccn(-c2cc(N3CCN(C(=O)c4cccc(-n5cnnn5)c4)CC3)ncn2)n1. The normalized spacial score (nSPS) is 14.1. The fourth-order valence-electron chi connectivity index (χ4n) is 3.56. The molecule has 5 rings (SSSR count). The van der Waals surface area contributed by atoms with Crippen LogP contribution in [0.3, 0.4) is 0 Å². The summed E-state index contributed by atoms with van der Waals surface area (Å²) in [7, 11) is 0. The summed E-state index contributed by atoms with van der Waals surface area (Å²) in [6.45, 7) is 4.52. The van der Waals surface area contributed by atoms with Crippen LogP contribution in [0.5, 0.6) is 0 Å². The molecule has 156 valence electrons. The smallest absolute Gasteiger partial charge is 0.254 e. The van der Waals surface area contributed by atoms with Gasteiger partial charge < -0.3 is 9.80 Å². The van der Waals surface area contributed by atoms with Gasteiger partial charge in [-0.05, 0) is 41.6 Å². The number of piperazine rings is 1. The third kappa shape index (κ3) is 3.84. The molecule has 1 aliphatic rings. The maximum absolute atomic E-state index is 13.0. The Balaban J connectivity index is 1.27. The molecule has 11 nitrogen and oxygen atoms in total. The predicted octanol–water partition coefficient (Wildman–Crippen LogP) is 0.909. The lowest BCUT2D eigenvalue weighted by Crippen LogP contribution is -2.49. The van der Waals surface area contributed by atoms with Gasteiger partial charge in [0, 0.05) is 44.0 Å². The van der Waals surface area contributed by atoms with E-state index in [0.717, 1.165) is 23.0 Å². The summed E-state index contributed by atoms with van der Waals surface area (Å²) in [5, 5.41) is 15.6. The lowest BCUT2D eigenvalue weighted by Gasteiger charge is -2.35. The Hall–Kier alpha value is -4.15. The number of nitrogens with zero attached hydrogens (tertiary/aromatic N) is 10. The average molecular weight is 416 g/mol. The Kier molecular flexibility index (Phi) is 4.83. The second-order valence-electron chi connectivity index (χ2n) is 7.22. The molecule has 4 heterocycles. The van der Waals surface area contributed by atoms with Gasteiger partial charge in [0.25, 0.3) is 5.91 Å². The van der Waals surface area contributed by atoms with Gasteiger partial charge in [-0.25, -0.2) is 19.3 Å². The van der Waals surface area contributed by atoms with Crippen LogP contribution in [0.15, 0.2) is 55.2 Å². The number of amides is 1. The van der Waals surface area contributed by atoms with Gasteiger partial charge in [0.05, 0.1) is 11.4 Å². The Bertz CT molecular complexity index is 1190. The second kappa shape index (κ2) is 7.94.